The van der Waals surface area contributed by atoms with Crippen LogP contribution in [0.3, 0.4) is 0 Å². The number of nitrogens with zero attached hydrogens (tertiary/aromatic N) is 2. The number of hydrogen-bond acceptors (Lipinski definition) is 6. The van der Waals surface area contributed by atoms with Crippen molar-refractivity contribution in [2.45, 2.75) is 13.5 Å². The molecule has 1 aliphatic heterocycles. The Morgan fingerprint density at radius 2 is 1.81 bits per heavy atom. The van der Waals surface area contributed by atoms with Gasteiger partial charge < -0.3 is 19.2 Å². The van der Waals surface area contributed by atoms with Crippen molar-refractivity contribution in [3.05, 3.63) is 66.4 Å². The summed E-state index contributed by atoms with van der Waals surface area (Å²) in [5, 5.41) is 4.35. The van der Waals surface area contributed by atoms with Crippen molar-refractivity contribution < 1.29 is 13.9 Å². The van der Waals surface area contributed by atoms with Crippen LogP contribution in [0.5, 0.6) is 11.5 Å². The molecule has 5 rings (SSSR count). The first-order valence-electron chi connectivity index (χ1n) is 8.69. The van der Waals surface area contributed by atoms with Crippen molar-refractivity contribution >= 4 is 16.7 Å². The monoisotopic (exact) mass is 359 g/mol. The Morgan fingerprint density at radius 3 is 2.70 bits per heavy atom. The van der Waals surface area contributed by atoms with Gasteiger partial charge in [0.1, 0.15) is 17.9 Å². The van der Waals surface area contributed by atoms with E-state index >= 15 is 0 Å². The molecule has 0 unspecified atom stereocenters. The highest BCUT2D eigenvalue weighted by Gasteiger charge is 2.14. The average Bonchev–Trinajstić information content (AvgIpc) is 3.33. The lowest BCUT2D eigenvalue weighted by Crippen LogP contribution is -2.01. The van der Waals surface area contributed by atoms with E-state index in [9.17, 15) is 0 Å². The zero-order valence-electron chi connectivity index (χ0n) is 14.7. The van der Waals surface area contributed by atoms with Crippen molar-refractivity contribution in [1.29, 1.82) is 0 Å². The zero-order chi connectivity index (χ0) is 18.2. The van der Waals surface area contributed by atoms with Crippen molar-refractivity contribution in [2.24, 2.45) is 0 Å². The minimum atomic E-state index is 0.270. The van der Waals surface area contributed by atoms with Crippen LogP contribution in [0, 0.1) is 6.92 Å². The lowest BCUT2D eigenvalue weighted by Gasteiger charge is -2.09. The molecule has 0 aliphatic carbocycles. The van der Waals surface area contributed by atoms with Crippen LogP contribution in [0.2, 0.25) is 0 Å². The van der Waals surface area contributed by atoms with E-state index in [-0.39, 0.29) is 6.79 Å². The van der Waals surface area contributed by atoms with Crippen molar-refractivity contribution in [3.8, 4) is 22.6 Å². The maximum atomic E-state index is 5.49. The highest BCUT2D eigenvalue weighted by molar-refractivity contribution is 5.92. The Labute approximate surface area is 155 Å². The van der Waals surface area contributed by atoms with E-state index in [1.807, 2.05) is 37.3 Å². The number of ether oxygens (including phenoxy) is 2. The summed E-state index contributed by atoms with van der Waals surface area (Å²) in [6.07, 6.45) is 3.33. The fourth-order valence-electron chi connectivity index (χ4n) is 3.23. The van der Waals surface area contributed by atoms with Crippen molar-refractivity contribution in [2.75, 3.05) is 12.1 Å². The zero-order valence-corrected chi connectivity index (χ0v) is 14.7. The third-order valence-electron chi connectivity index (χ3n) is 4.59. The Morgan fingerprint density at radius 1 is 0.963 bits per heavy atom. The van der Waals surface area contributed by atoms with Gasteiger partial charge in [0.2, 0.25) is 6.79 Å². The Bertz CT molecular complexity index is 1140. The molecule has 0 amide bonds. The molecule has 0 atom stereocenters. The lowest BCUT2D eigenvalue weighted by atomic mass is 10.0. The number of fused-ring (bicyclic) bond motifs is 2. The summed E-state index contributed by atoms with van der Waals surface area (Å²) in [7, 11) is 0. The predicted molar refractivity (Wildman–Crippen MR) is 102 cm³/mol. The highest BCUT2D eigenvalue weighted by atomic mass is 16.7. The van der Waals surface area contributed by atoms with Crippen molar-refractivity contribution in [3.63, 3.8) is 0 Å². The summed E-state index contributed by atoms with van der Waals surface area (Å²) < 4.78 is 16.2. The van der Waals surface area contributed by atoms with Crippen LogP contribution in [-0.4, -0.2) is 16.8 Å². The molecule has 0 saturated carbocycles. The number of rotatable bonds is 4. The number of hydrogen-bond donors (Lipinski definition) is 1. The minimum Gasteiger partial charge on any atom is -0.469 e. The molecule has 0 saturated heterocycles. The van der Waals surface area contributed by atoms with E-state index in [0.29, 0.717) is 6.54 Å². The second kappa shape index (κ2) is 6.32. The van der Waals surface area contributed by atoms with Crippen LogP contribution in [0.15, 0.2) is 59.5 Å². The third-order valence-corrected chi connectivity index (χ3v) is 4.59. The number of furan rings is 1. The van der Waals surface area contributed by atoms with Gasteiger partial charge in [0.15, 0.2) is 11.5 Å². The molecule has 2 aromatic heterocycles. The van der Waals surface area contributed by atoms with Crippen LogP contribution in [-0.2, 0) is 6.54 Å². The first-order chi connectivity index (χ1) is 13.3. The molecule has 134 valence electrons. The highest BCUT2D eigenvalue weighted by Crippen LogP contribution is 2.36. The SMILES string of the molecule is Cc1cc(CNc2ncnc3ccc(-c4ccc5c(c4)OCO5)cc23)co1. The maximum absolute atomic E-state index is 5.49. The summed E-state index contributed by atoms with van der Waals surface area (Å²) in [6, 6.07) is 14.1. The second-order valence-corrected chi connectivity index (χ2v) is 6.44. The summed E-state index contributed by atoms with van der Waals surface area (Å²) in [5.41, 5.74) is 4.09. The van der Waals surface area contributed by atoms with Gasteiger partial charge in [-0.05, 0) is 48.4 Å². The predicted octanol–water partition coefficient (Wildman–Crippen LogP) is 4.54. The quantitative estimate of drug-likeness (QED) is 0.577. The molecular formula is C21H17N3O3. The van der Waals surface area contributed by atoms with Gasteiger partial charge in [-0.3, -0.25) is 0 Å². The van der Waals surface area contributed by atoms with Gasteiger partial charge in [-0.25, -0.2) is 9.97 Å². The second-order valence-electron chi connectivity index (χ2n) is 6.44. The van der Waals surface area contributed by atoms with Crippen LogP contribution < -0.4 is 14.8 Å². The molecule has 3 heterocycles. The molecule has 6 heteroatoms. The van der Waals surface area contributed by atoms with Crippen LogP contribution >= 0.6 is 0 Å². The Kier molecular flexibility index (Phi) is 3.67. The van der Waals surface area contributed by atoms with Crippen LogP contribution in [0.25, 0.3) is 22.0 Å². The first-order valence-corrected chi connectivity index (χ1v) is 8.69. The maximum Gasteiger partial charge on any atom is 0.231 e. The smallest absolute Gasteiger partial charge is 0.231 e. The molecule has 0 fully saturated rings. The number of aryl methyl sites for hydroxylation is 1. The Balaban J connectivity index is 1.50. The molecular weight excluding hydrogens is 342 g/mol. The molecule has 0 spiro atoms. The van der Waals surface area contributed by atoms with Gasteiger partial charge in [-0.2, -0.15) is 0 Å². The first kappa shape index (κ1) is 15.7. The van der Waals surface area contributed by atoms with Crippen LogP contribution in [0.1, 0.15) is 11.3 Å². The van der Waals surface area contributed by atoms with Gasteiger partial charge >= 0.3 is 0 Å². The topological polar surface area (TPSA) is 69.4 Å². The molecule has 1 N–H and O–H groups in total. The van der Waals surface area contributed by atoms with Gasteiger partial charge in [-0.15, -0.1) is 0 Å². The van der Waals surface area contributed by atoms with E-state index in [1.54, 1.807) is 12.6 Å². The summed E-state index contributed by atoms with van der Waals surface area (Å²) in [6.45, 7) is 2.84. The number of anilines is 1. The van der Waals surface area contributed by atoms with Crippen LogP contribution in [0.4, 0.5) is 5.82 Å². The van der Waals surface area contributed by atoms with E-state index in [1.165, 1.54) is 0 Å². The largest absolute Gasteiger partial charge is 0.469 e. The van der Waals surface area contributed by atoms with E-state index in [2.05, 4.69) is 27.4 Å². The standard InChI is InChI=1S/C21H17N3O3/c1-13-6-14(10-25-13)9-22-21-17-7-15(2-4-18(17)23-11-24-21)16-3-5-19-20(8-16)27-12-26-19/h2-8,10-11H,9,12H2,1H3,(H,22,23,24). The molecule has 0 radical (unpaired) electrons. The molecule has 2 aromatic carbocycles. The van der Waals surface area contributed by atoms with Gasteiger partial charge in [-0.1, -0.05) is 12.1 Å². The molecule has 6 nitrogen and oxygen atoms in total. The summed E-state index contributed by atoms with van der Waals surface area (Å²) in [5.74, 6) is 3.23. The normalized spacial score (nSPS) is 12.5. The fraction of sp³-hybridized carbons (Fsp3) is 0.143. The summed E-state index contributed by atoms with van der Waals surface area (Å²) in [4.78, 5) is 8.80. The Hall–Kier alpha value is -3.54. The van der Waals surface area contributed by atoms with Gasteiger partial charge in [0.05, 0.1) is 11.8 Å². The number of nitrogens with one attached hydrogen (secondary N) is 1. The van der Waals surface area contributed by atoms with E-state index in [0.717, 1.165) is 50.7 Å². The number of benzene rings is 2. The number of aromatic nitrogens is 2. The fourth-order valence-corrected chi connectivity index (χ4v) is 3.23. The third kappa shape index (κ3) is 2.95. The molecule has 1 aliphatic rings. The van der Waals surface area contributed by atoms with Crippen molar-refractivity contribution in [1.82, 2.24) is 9.97 Å². The molecule has 27 heavy (non-hydrogen) atoms. The van der Waals surface area contributed by atoms with E-state index in [4.69, 9.17) is 13.9 Å². The summed E-state index contributed by atoms with van der Waals surface area (Å²) >= 11 is 0. The molecule has 4 aromatic rings. The van der Waals surface area contributed by atoms with E-state index < -0.39 is 0 Å². The van der Waals surface area contributed by atoms with Gasteiger partial charge in [0.25, 0.3) is 0 Å². The van der Waals surface area contributed by atoms with Gasteiger partial charge in [0, 0.05) is 17.5 Å². The lowest BCUT2D eigenvalue weighted by molar-refractivity contribution is 0.174. The molecule has 0 bridgehead atoms. The average molecular weight is 359 g/mol. The minimum absolute atomic E-state index is 0.270.